The number of aromatic nitrogens is 1. The molecule has 1 aromatic rings. The lowest BCUT2D eigenvalue weighted by molar-refractivity contribution is 0.411. The molecule has 1 fully saturated rings. The summed E-state index contributed by atoms with van der Waals surface area (Å²) in [5, 5.41) is 6.63. The first-order chi connectivity index (χ1) is 7.31. The second-order valence-corrected chi connectivity index (χ2v) is 4.19. The summed E-state index contributed by atoms with van der Waals surface area (Å²) in [7, 11) is 1.91. The molecule has 3 nitrogen and oxygen atoms in total. The number of nitrogens with zero attached hydrogens (tertiary/aromatic N) is 1. The predicted molar refractivity (Wildman–Crippen MR) is 63.1 cm³/mol. The van der Waals surface area contributed by atoms with E-state index < -0.39 is 0 Å². The lowest BCUT2D eigenvalue weighted by Crippen LogP contribution is -2.26. The molecule has 0 amide bonds. The third kappa shape index (κ3) is 2.29. The molecule has 0 radical (unpaired) electrons. The molecule has 0 aliphatic carbocycles. The summed E-state index contributed by atoms with van der Waals surface area (Å²) < 4.78 is 0. The van der Waals surface area contributed by atoms with Gasteiger partial charge in [-0.2, -0.15) is 0 Å². The molecule has 15 heavy (non-hydrogen) atoms. The molecule has 1 aliphatic rings. The summed E-state index contributed by atoms with van der Waals surface area (Å²) in [6.07, 6.45) is 5.85. The minimum atomic E-state index is 0.510. The Balaban J connectivity index is 2.17. The van der Waals surface area contributed by atoms with E-state index in [4.69, 9.17) is 0 Å². The molecule has 1 saturated heterocycles. The van der Waals surface area contributed by atoms with Crippen LogP contribution >= 0.6 is 0 Å². The van der Waals surface area contributed by atoms with Gasteiger partial charge in [-0.25, -0.2) is 4.98 Å². The summed E-state index contributed by atoms with van der Waals surface area (Å²) in [4.78, 5) is 4.42. The van der Waals surface area contributed by atoms with Crippen LogP contribution in [0, 0.1) is 6.92 Å². The molecule has 0 bridgehead atoms. The van der Waals surface area contributed by atoms with Gasteiger partial charge in [0.25, 0.3) is 0 Å². The Hall–Kier alpha value is -1.09. The molecule has 2 rings (SSSR count). The highest BCUT2D eigenvalue weighted by molar-refractivity contribution is 5.44. The van der Waals surface area contributed by atoms with Gasteiger partial charge in [0.05, 0.1) is 0 Å². The lowest BCUT2D eigenvalue weighted by atomic mass is 9.98. The first-order valence-corrected chi connectivity index (χ1v) is 5.69. The fraction of sp³-hybridized carbons (Fsp3) is 0.583. The van der Waals surface area contributed by atoms with E-state index in [0.717, 1.165) is 12.4 Å². The molecule has 1 aromatic heterocycles. The number of piperidine rings is 1. The van der Waals surface area contributed by atoms with E-state index in [1.54, 1.807) is 0 Å². The fourth-order valence-electron chi connectivity index (χ4n) is 2.19. The van der Waals surface area contributed by atoms with Crippen molar-refractivity contribution in [1.82, 2.24) is 10.3 Å². The summed E-state index contributed by atoms with van der Waals surface area (Å²) in [5.41, 5.74) is 2.55. The maximum atomic E-state index is 4.42. The van der Waals surface area contributed by atoms with Crippen LogP contribution in [-0.4, -0.2) is 18.6 Å². The van der Waals surface area contributed by atoms with E-state index in [-0.39, 0.29) is 0 Å². The topological polar surface area (TPSA) is 37.0 Å². The normalized spacial score (nSPS) is 21.3. The van der Waals surface area contributed by atoms with Crippen LogP contribution in [0.25, 0.3) is 0 Å². The maximum Gasteiger partial charge on any atom is 0.128 e. The molecule has 1 aliphatic heterocycles. The zero-order valence-electron chi connectivity index (χ0n) is 9.51. The summed E-state index contributed by atoms with van der Waals surface area (Å²) >= 11 is 0. The van der Waals surface area contributed by atoms with E-state index in [9.17, 15) is 0 Å². The molecule has 82 valence electrons. The Morgan fingerprint density at radius 2 is 2.33 bits per heavy atom. The van der Waals surface area contributed by atoms with E-state index in [2.05, 4.69) is 28.6 Å². The molecule has 1 atom stereocenters. The van der Waals surface area contributed by atoms with E-state index in [0.29, 0.717) is 6.04 Å². The smallest absolute Gasteiger partial charge is 0.128 e. The Morgan fingerprint density at radius 3 is 2.93 bits per heavy atom. The van der Waals surface area contributed by atoms with Gasteiger partial charge in [-0.3, -0.25) is 0 Å². The Kier molecular flexibility index (Phi) is 3.21. The number of aryl methyl sites for hydroxylation is 1. The van der Waals surface area contributed by atoms with Gasteiger partial charge in [0, 0.05) is 19.3 Å². The van der Waals surface area contributed by atoms with Crippen molar-refractivity contribution in [3.8, 4) is 0 Å². The monoisotopic (exact) mass is 205 g/mol. The number of hydrogen-bond donors (Lipinski definition) is 2. The van der Waals surface area contributed by atoms with Crippen molar-refractivity contribution in [2.24, 2.45) is 0 Å². The number of nitrogens with one attached hydrogen (secondary N) is 2. The van der Waals surface area contributed by atoms with Gasteiger partial charge in [0.2, 0.25) is 0 Å². The third-order valence-electron chi connectivity index (χ3n) is 3.05. The standard InChI is InChI=1S/C12H19N3/c1-9-7-10(8-15-12(9)13-2)11-5-3-4-6-14-11/h7-8,11,14H,3-6H2,1-2H3,(H,13,15)/t11-/m1/s1. The van der Waals surface area contributed by atoms with E-state index >= 15 is 0 Å². The summed E-state index contributed by atoms with van der Waals surface area (Å²) in [6, 6.07) is 2.75. The van der Waals surface area contributed by atoms with Crippen LogP contribution in [0.4, 0.5) is 5.82 Å². The highest BCUT2D eigenvalue weighted by Gasteiger charge is 2.15. The first-order valence-electron chi connectivity index (χ1n) is 5.69. The fourth-order valence-corrected chi connectivity index (χ4v) is 2.19. The molecule has 0 aromatic carbocycles. The van der Waals surface area contributed by atoms with Crippen molar-refractivity contribution in [3.05, 3.63) is 23.4 Å². The molecular weight excluding hydrogens is 186 g/mol. The van der Waals surface area contributed by atoms with Crippen LogP contribution < -0.4 is 10.6 Å². The van der Waals surface area contributed by atoms with Gasteiger partial charge in [-0.15, -0.1) is 0 Å². The molecule has 2 N–H and O–H groups in total. The van der Waals surface area contributed by atoms with E-state index in [1.165, 1.54) is 30.4 Å². The van der Waals surface area contributed by atoms with Gasteiger partial charge >= 0.3 is 0 Å². The van der Waals surface area contributed by atoms with Gasteiger partial charge in [0.1, 0.15) is 5.82 Å². The van der Waals surface area contributed by atoms with Gasteiger partial charge in [-0.1, -0.05) is 6.42 Å². The zero-order valence-corrected chi connectivity index (χ0v) is 9.51. The average Bonchev–Trinajstić information content (AvgIpc) is 2.30. The highest BCUT2D eigenvalue weighted by atomic mass is 15.0. The van der Waals surface area contributed by atoms with Gasteiger partial charge in [-0.05, 0) is 43.5 Å². The molecule has 0 spiro atoms. The van der Waals surface area contributed by atoms with Crippen LogP contribution in [0.3, 0.4) is 0 Å². The second-order valence-electron chi connectivity index (χ2n) is 4.19. The summed E-state index contributed by atoms with van der Waals surface area (Å²) in [6.45, 7) is 3.24. The van der Waals surface area contributed by atoms with Crippen LogP contribution in [0.15, 0.2) is 12.3 Å². The minimum absolute atomic E-state index is 0.510. The highest BCUT2D eigenvalue weighted by Crippen LogP contribution is 2.24. The lowest BCUT2D eigenvalue weighted by Gasteiger charge is -2.24. The Labute approximate surface area is 91.3 Å². The van der Waals surface area contributed by atoms with Crippen LogP contribution in [-0.2, 0) is 0 Å². The Bertz CT molecular complexity index is 330. The molecular formula is C12H19N3. The largest absolute Gasteiger partial charge is 0.373 e. The molecule has 2 heterocycles. The number of anilines is 1. The van der Waals surface area contributed by atoms with Crippen molar-refractivity contribution in [3.63, 3.8) is 0 Å². The van der Waals surface area contributed by atoms with Crippen molar-refractivity contribution in [2.45, 2.75) is 32.2 Å². The zero-order chi connectivity index (χ0) is 10.7. The molecule has 3 heteroatoms. The quantitative estimate of drug-likeness (QED) is 0.777. The predicted octanol–water partition coefficient (Wildman–Crippen LogP) is 2.25. The first kappa shape index (κ1) is 10.4. The molecule has 0 saturated carbocycles. The van der Waals surface area contributed by atoms with Crippen molar-refractivity contribution in [1.29, 1.82) is 0 Å². The SMILES string of the molecule is CNc1ncc([C@H]2CCCCN2)cc1C. The van der Waals surface area contributed by atoms with Gasteiger partial charge in [0.15, 0.2) is 0 Å². The van der Waals surface area contributed by atoms with Crippen LogP contribution in [0.2, 0.25) is 0 Å². The average molecular weight is 205 g/mol. The third-order valence-corrected chi connectivity index (χ3v) is 3.05. The molecule has 0 unspecified atom stereocenters. The number of hydrogen-bond acceptors (Lipinski definition) is 3. The summed E-state index contributed by atoms with van der Waals surface area (Å²) in [5.74, 6) is 0.981. The van der Waals surface area contributed by atoms with Crippen molar-refractivity contribution in [2.75, 3.05) is 18.9 Å². The van der Waals surface area contributed by atoms with Crippen LogP contribution in [0.5, 0.6) is 0 Å². The Morgan fingerprint density at radius 1 is 1.47 bits per heavy atom. The van der Waals surface area contributed by atoms with Gasteiger partial charge < -0.3 is 10.6 Å². The van der Waals surface area contributed by atoms with E-state index in [1.807, 2.05) is 13.2 Å². The maximum absolute atomic E-state index is 4.42. The minimum Gasteiger partial charge on any atom is -0.373 e. The number of rotatable bonds is 2. The van der Waals surface area contributed by atoms with Crippen LogP contribution in [0.1, 0.15) is 36.4 Å². The van der Waals surface area contributed by atoms with Crippen molar-refractivity contribution >= 4 is 5.82 Å². The number of pyridine rings is 1. The van der Waals surface area contributed by atoms with Crippen molar-refractivity contribution < 1.29 is 0 Å². The second kappa shape index (κ2) is 4.62.